The van der Waals surface area contributed by atoms with Gasteiger partial charge in [0.2, 0.25) is 0 Å². The Kier molecular flexibility index (Phi) is 3.32. The largest absolute Gasteiger partial charge is 0.388 e. The van der Waals surface area contributed by atoms with Crippen molar-refractivity contribution in [1.82, 2.24) is 0 Å². The third-order valence-corrected chi connectivity index (χ3v) is 5.37. The number of rotatable bonds is 3. The minimum Gasteiger partial charge on any atom is -0.388 e. The lowest BCUT2D eigenvalue weighted by Crippen LogP contribution is -2.41. The molecule has 1 aromatic carbocycles. The van der Waals surface area contributed by atoms with E-state index >= 15 is 0 Å². The Morgan fingerprint density at radius 1 is 1.42 bits per heavy atom. The molecule has 4 unspecified atom stereocenters. The maximum atomic E-state index is 13.5. The highest BCUT2D eigenvalue weighted by molar-refractivity contribution is 6.30. The normalized spacial score (nSPS) is 34.7. The van der Waals surface area contributed by atoms with E-state index < -0.39 is 11.9 Å². The molecule has 2 nitrogen and oxygen atoms in total. The number of aliphatic hydroxyl groups excluding tert-OH is 1. The molecular weight excluding hydrogens is 265 g/mol. The third kappa shape index (κ3) is 2.08. The first-order valence-electron chi connectivity index (χ1n) is 6.89. The van der Waals surface area contributed by atoms with E-state index in [0.717, 1.165) is 19.3 Å². The van der Waals surface area contributed by atoms with E-state index in [4.69, 9.17) is 17.3 Å². The van der Waals surface area contributed by atoms with E-state index in [-0.39, 0.29) is 5.41 Å². The average Bonchev–Trinajstić information content (AvgIpc) is 2.97. The zero-order chi connectivity index (χ0) is 13.6. The lowest BCUT2D eigenvalue weighted by molar-refractivity contribution is -0.0132. The number of aliphatic hydroxyl groups is 1. The van der Waals surface area contributed by atoms with Crippen LogP contribution < -0.4 is 5.73 Å². The van der Waals surface area contributed by atoms with Crippen molar-refractivity contribution in [2.45, 2.75) is 31.8 Å². The first-order valence-corrected chi connectivity index (χ1v) is 7.27. The number of hydrogen-bond acceptors (Lipinski definition) is 2. The number of nitrogens with two attached hydrogens (primary N) is 1. The SMILES string of the molecule is NCC1(C(O)c2cc(F)cc(Cl)c2)CC2CCC1C2. The molecule has 2 saturated carbocycles. The van der Waals surface area contributed by atoms with Crippen LogP contribution in [0.25, 0.3) is 0 Å². The number of hydrogen-bond donors (Lipinski definition) is 2. The van der Waals surface area contributed by atoms with Gasteiger partial charge in [-0.3, -0.25) is 0 Å². The standard InChI is InChI=1S/C15H19ClFNO/c16-12-4-10(5-13(17)6-12)14(19)15(8-18)7-9-1-2-11(15)3-9/h4-6,9,11,14,19H,1-3,7-8,18H2. The van der Waals surface area contributed by atoms with Crippen molar-refractivity contribution in [3.63, 3.8) is 0 Å². The fraction of sp³-hybridized carbons (Fsp3) is 0.600. The maximum Gasteiger partial charge on any atom is 0.125 e. The van der Waals surface area contributed by atoms with Crippen LogP contribution in [0, 0.1) is 23.1 Å². The Balaban J connectivity index is 1.95. The molecule has 2 bridgehead atoms. The summed E-state index contributed by atoms with van der Waals surface area (Å²) in [5.41, 5.74) is 6.25. The smallest absolute Gasteiger partial charge is 0.125 e. The van der Waals surface area contributed by atoms with E-state index in [1.54, 1.807) is 6.07 Å². The Bertz CT molecular complexity index is 475. The molecule has 2 fully saturated rings. The minimum absolute atomic E-state index is 0.292. The highest BCUT2D eigenvalue weighted by Crippen LogP contribution is 2.60. The third-order valence-electron chi connectivity index (χ3n) is 5.15. The Morgan fingerprint density at radius 2 is 2.21 bits per heavy atom. The fourth-order valence-corrected chi connectivity index (χ4v) is 4.48. The van der Waals surface area contributed by atoms with E-state index in [1.165, 1.54) is 18.6 Å². The van der Waals surface area contributed by atoms with Gasteiger partial charge in [0.25, 0.3) is 0 Å². The summed E-state index contributed by atoms with van der Waals surface area (Å²) >= 11 is 5.89. The van der Waals surface area contributed by atoms with Gasteiger partial charge in [-0.15, -0.1) is 0 Å². The lowest BCUT2D eigenvalue weighted by atomic mass is 9.67. The van der Waals surface area contributed by atoms with Crippen LogP contribution in [0.1, 0.15) is 37.4 Å². The summed E-state index contributed by atoms with van der Waals surface area (Å²) in [4.78, 5) is 0. The molecule has 4 atom stereocenters. The second-order valence-electron chi connectivity index (χ2n) is 6.12. The number of benzene rings is 1. The van der Waals surface area contributed by atoms with Gasteiger partial charge in [0.15, 0.2) is 0 Å². The minimum atomic E-state index is -0.721. The molecule has 3 rings (SSSR count). The second-order valence-corrected chi connectivity index (χ2v) is 6.56. The molecule has 3 N–H and O–H groups in total. The summed E-state index contributed by atoms with van der Waals surface area (Å²) in [6.07, 6.45) is 3.74. The van der Waals surface area contributed by atoms with Crippen LogP contribution in [-0.4, -0.2) is 11.7 Å². The molecule has 0 spiro atoms. The van der Waals surface area contributed by atoms with Crippen LogP contribution in [0.3, 0.4) is 0 Å². The molecule has 0 radical (unpaired) electrons. The van der Waals surface area contributed by atoms with Crippen LogP contribution in [0.15, 0.2) is 18.2 Å². The van der Waals surface area contributed by atoms with E-state index in [0.29, 0.717) is 29.0 Å². The second kappa shape index (κ2) is 4.72. The van der Waals surface area contributed by atoms with Gasteiger partial charge in [-0.2, -0.15) is 0 Å². The van der Waals surface area contributed by atoms with Gasteiger partial charge in [0.1, 0.15) is 5.82 Å². The van der Waals surface area contributed by atoms with Gasteiger partial charge >= 0.3 is 0 Å². The van der Waals surface area contributed by atoms with Crippen molar-refractivity contribution in [3.05, 3.63) is 34.6 Å². The molecule has 0 amide bonds. The molecule has 0 saturated heterocycles. The molecule has 4 heteroatoms. The molecule has 0 aromatic heterocycles. The average molecular weight is 284 g/mol. The van der Waals surface area contributed by atoms with Crippen LogP contribution in [0.2, 0.25) is 5.02 Å². The summed E-state index contributed by atoms with van der Waals surface area (Å²) < 4.78 is 13.5. The summed E-state index contributed by atoms with van der Waals surface area (Å²) in [7, 11) is 0. The van der Waals surface area contributed by atoms with Crippen molar-refractivity contribution in [3.8, 4) is 0 Å². The first-order chi connectivity index (χ1) is 9.05. The van der Waals surface area contributed by atoms with Gasteiger partial charge in [0, 0.05) is 17.0 Å². The van der Waals surface area contributed by atoms with Crippen molar-refractivity contribution in [1.29, 1.82) is 0 Å². The van der Waals surface area contributed by atoms with Gasteiger partial charge in [-0.1, -0.05) is 18.0 Å². The van der Waals surface area contributed by atoms with Crippen molar-refractivity contribution >= 4 is 11.6 Å². The lowest BCUT2D eigenvalue weighted by Gasteiger charge is -2.41. The summed E-state index contributed by atoms with van der Waals surface area (Å²) in [6, 6.07) is 4.28. The zero-order valence-corrected chi connectivity index (χ0v) is 11.5. The van der Waals surface area contributed by atoms with Crippen molar-refractivity contribution in [2.75, 3.05) is 6.54 Å². The van der Waals surface area contributed by atoms with E-state index in [2.05, 4.69) is 0 Å². The monoisotopic (exact) mass is 283 g/mol. The van der Waals surface area contributed by atoms with Gasteiger partial charge < -0.3 is 10.8 Å². The Hall–Kier alpha value is -0.640. The first kappa shape index (κ1) is 13.3. The molecule has 2 aliphatic rings. The van der Waals surface area contributed by atoms with Gasteiger partial charge in [-0.25, -0.2) is 4.39 Å². The van der Waals surface area contributed by atoms with Crippen LogP contribution in [0.4, 0.5) is 4.39 Å². The van der Waals surface area contributed by atoms with Gasteiger partial charge in [-0.05, 0) is 54.9 Å². The topological polar surface area (TPSA) is 46.2 Å². The molecule has 0 heterocycles. The molecule has 2 aliphatic carbocycles. The zero-order valence-electron chi connectivity index (χ0n) is 10.8. The highest BCUT2D eigenvalue weighted by atomic mass is 35.5. The van der Waals surface area contributed by atoms with Crippen LogP contribution >= 0.6 is 11.6 Å². The number of halogens is 2. The summed E-state index contributed by atoms with van der Waals surface area (Å²) in [6.45, 7) is 0.448. The molecular formula is C15H19ClFNO. The summed E-state index contributed by atoms with van der Waals surface area (Å²) in [5, 5.41) is 11.1. The van der Waals surface area contributed by atoms with Crippen molar-refractivity contribution in [2.24, 2.45) is 23.0 Å². The van der Waals surface area contributed by atoms with E-state index in [9.17, 15) is 9.50 Å². The fourth-order valence-electron chi connectivity index (χ4n) is 4.25. The maximum absolute atomic E-state index is 13.5. The highest BCUT2D eigenvalue weighted by Gasteiger charge is 2.54. The Morgan fingerprint density at radius 3 is 2.74 bits per heavy atom. The number of fused-ring (bicyclic) bond motifs is 2. The van der Waals surface area contributed by atoms with Crippen LogP contribution in [-0.2, 0) is 0 Å². The molecule has 104 valence electrons. The molecule has 1 aromatic rings. The van der Waals surface area contributed by atoms with Gasteiger partial charge in [0.05, 0.1) is 6.10 Å². The predicted octanol–water partition coefficient (Wildman–Crippen LogP) is 3.28. The summed E-state index contributed by atoms with van der Waals surface area (Å²) in [5.74, 6) is 0.726. The molecule has 0 aliphatic heterocycles. The molecule has 19 heavy (non-hydrogen) atoms. The van der Waals surface area contributed by atoms with E-state index in [1.807, 2.05) is 0 Å². The van der Waals surface area contributed by atoms with Crippen molar-refractivity contribution < 1.29 is 9.50 Å². The van der Waals surface area contributed by atoms with Crippen LogP contribution in [0.5, 0.6) is 0 Å². The predicted molar refractivity (Wildman–Crippen MR) is 73.3 cm³/mol. The Labute approximate surface area is 117 Å². The quantitative estimate of drug-likeness (QED) is 0.894.